The Morgan fingerprint density at radius 2 is 1.82 bits per heavy atom. The second kappa shape index (κ2) is 9.97. The van der Waals surface area contributed by atoms with Crippen LogP contribution in [0.25, 0.3) is 5.32 Å². The molecule has 1 saturated heterocycles. The van der Waals surface area contributed by atoms with E-state index < -0.39 is 5.97 Å². The van der Waals surface area contributed by atoms with Crippen LogP contribution in [0.1, 0.15) is 6.92 Å². The van der Waals surface area contributed by atoms with Crippen LogP contribution in [-0.2, 0) is 23.4 Å². The van der Waals surface area contributed by atoms with E-state index in [1.165, 1.54) is 0 Å². The first-order valence-electron chi connectivity index (χ1n) is 3.27. The SMILES string of the molecule is C1CNCC[N-]1.CC(=O)O.[V]. The molecule has 5 heteroatoms. The molecular formula is C6H13N2O2V-. The van der Waals surface area contributed by atoms with Crippen LogP contribution in [0.5, 0.6) is 0 Å². The summed E-state index contributed by atoms with van der Waals surface area (Å²) in [5, 5.41) is 14.7. The van der Waals surface area contributed by atoms with Crippen LogP contribution in [0.15, 0.2) is 0 Å². The van der Waals surface area contributed by atoms with Gasteiger partial charge in [-0.3, -0.25) is 4.79 Å². The third-order valence-corrected chi connectivity index (χ3v) is 0.893. The number of piperazine rings is 1. The molecule has 0 amide bonds. The molecule has 1 heterocycles. The van der Waals surface area contributed by atoms with Crippen LogP contribution < -0.4 is 5.32 Å². The molecule has 65 valence electrons. The van der Waals surface area contributed by atoms with Crippen LogP contribution in [-0.4, -0.2) is 37.3 Å². The van der Waals surface area contributed by atoms with Crippen molar-refractivity contribution in [2.24, 2.45) is 0 Å². The minimum atomic E-state index is -0.833. The summed E-state index contributed by atoms with van der Waals surface area (Å²) in [6.07, 6.45) is 0. The standard InChI is InChI=1S/C4H9N2.C2H4O2.V/c1-2-6-4-3-5-1;1-2(3)4;/h5H,1-4H2;1H3,(H,3,4);/q-1;;. The van der Waals surface area contributed by atoms with Gasteiger partial charge in [0.2, 0.25) is 0 Å². The quantitative estimate of drug-likeness (QED) is 0.575. The molecule has 1 radical (unpaired) electrons. The van der Waals surface area contributed by atoms with Gasteiger partial charge in [0.05, 0.1) is 0 Å². The maximum atomic E-state index is 9.00. The fraction of sp³-hybridized carbons (Fsp3) is 0.833. The number of hydrogen-bond acceptors (Lipinski definition) is 2. The van der Waals surface area contributed by atoms with Gasteiger partial charge < -0.3 is 15.7 Å². The van der Waals surface area contributed by atoms with E-state index in [9.17, 15) is 0 Å². The largest absolute Gasteiger partial charge is 0.660 e. The molecule has 0 aromatic rings. The van der Waals surface area contributed by atoms with Crippen LogP contribution in [0.3, 0.4) is 0 Å². The molecule has 11 heavy (non-hydrogen) atoms. The van der Waals surface area contributed by atoms with Crippen molar-refractivity contribution in [2.75, 3.05) is 26.2 Å². The molecule has 0 aromatic carbocycles. The first-order chi connectivity index (χ1) is 4.73. The fourth-order valence-corrected chi connectivity index (χ4v) is 0.553. The number of carboxylic acid groups (broad SMARTS) is 1. The average molecular weight is 196 g/mol. The van der Waals surface area contributed by atoms with Gasteiger partial charge in [0.15, 0.2) is 0 Å². The van der Waals surface area contributed by atoms with E-state index in [1.54, 1.807) is 0 Å². The summed E-state index contributed by atoms with van der Waals surface area (Å²) in [6, 6.07) is 0. The Morgan fingerprint density at radius 3 is 1.91 bits per heavy atom. The minimum absolute atomic E-state index is 0. The Morgan fingerprint density at radius 1 is 1.45 bits per heavy atom. The minimum Gasteiger partial charge on any atom is -0.660 e. The second-order valence-electron chi connectivity index (χ2n) is 1.94. The van der Waals surface area contributed by atoms with Gasteiger partial charge in [0, 0.05) is 25.5 Å². The Balaban J connectivity index is 0. The van der Waals surface area contributed by atoms with Crippen molar-refractivity contribution in [3.05, 3.63) is 5.32 Å². The Bertz CT molecular complexity index is 81.1. The Hall–Kier alpha value is -0.0256. The van der Waals surface area contributed by atoms with Crippen molar-refractivity contribution in [2.45, 2.75) is 6.92 Å². The first-order valence-corrected chi connectivity index (χ1v) is 3.27. The van der Waals surface area contributed by atoms with Crippen LogP contribution >= 0.6 is 0 Å². The maximum Gasteiger partial charge on any atom is 0.300 e. The molecular weight excluding hydrogens is 183 g/mol. The molecule has 1 aliphatic heterocycles. The third-order valence-electron chi connectivity index (χ3n) is 0.893. The van der Waals surface area contributed by atoms with Crippen molar-refractivity contribution >= 4 is 5.97 Å². The molecule has 2 N–H and O–H groups in total. The van der Waals surface area contributed by atoms with E-state index in [1.807, 2.05) is 0 Å². The number of carboxylic acids is 1. The summed E-state index contributed by atoms with van der Waals surface area (Å²) < 4.78 is 0. The van der Waals surface area contributed by atoms with E-state index in [-0.39, 0.29) is 18.6 Å². The average Bonchev–Trinajstić information content (AvgIpc) is 1.90. The number of rotatable bonds is 0. The zero-order chi connectivity index (χ0) is 7.82. The van der Waals surface area contributed by atoms with Crippen LogP contribution in [0.2, 0.25) is 0 Å². The van der Waals surface area contributed by atoms with Crippen LogP contribution in [0, 0.1) is 0 Å². The van der Waals surface area contributed by atoms with E-state index in [4.69, 9.17) is 9.90 Å². The van der Waals surface area contributed by atoms with Crippen molar-refractivity contribution in [1.29, 1.82) is 0 Å². The van der Waals surface area contributed by atoms with Crippen molar-refractivity contribution in [1.82, 2.24) is 5.32 Å². The molecule has 0 aromatic heterocycles. The van der Waals surface area contributed by atoms with Gasteiger partial charge in [-0.25, -0.2) is 0 Å². The van der Waals surface area contributed by atoms with Gasteiger partial charge in [-0.05, 0) is 13.1 Å². The predicted octanol–water partition coefficient (Wildman–Crippen LogP) is 0.0517. The number of nitrogens with zero attached hydrogens (tertiary/aromatic N) is 1. The van der Waals surface area contributed by atoms with E-state index >= 15 is 0 Å². The number of hydrogen-bond donors (Lipinski definition) is 2. The van der Waals surface area contributed by atoms with Gasteiger partial charge in [0.25, 0.3) is 5.97 Å². The Kier molecular flexibility index (Phi) is 12.3. The molecule has 1 aliphatic rings. The molecule has 0 unspecified atom stereocenters. The number of nitrogens with one attached hydrogen (secondary N) is 1. The summed E-state index contributed by atoms with van der Waals surface area (Å²) in [7, 11) is 0. The van der Waals surface area contributed by atoms with Gasteiger partial charge in [-0.2, -0.15) is 0 Å². The summed E-state index contributed by atoms with van der Waals surface area (Å²) in [5.41, 5.74) is 0. The van der Waals surface area contributed by atoms with Gasteiger partial charge >= 0.3 is 0 Å². The van der Waals surface area contributed by atoms with Crippen LogP contribution in [0.4, 0.5) is 0 Å². The van der Waals surface area contributed by atoms with Crippen molar-refractivity contribution in [3.8, 4) is 0 Å². The van der Waals surface area contributed by atoms with E-state index in [2.05, 4.69) is 10.6 Å². The molecule has 0 bridgehead atoms. The molecule has 0 aliphatic carbocycles. The van der Waals surface area contributed by atoms with Gasteiger partial charge in [0.1, 0.15) is 0 Å². The third kappa shape index (κ3) is 17.8. The number of aliphatic carboxylic acids is 1. The molecule has 0 saturated carbocycles. The van der Waals surface area contributed by atoms with Crippen molar-refractivity contribution < 1.29 is 28.5 Å². The summed E-state index contributed by atoms with van der Waals surface area (Å²) in [6.45, 7) is 5.28. The topological polar surface area (TPSA) is 63.4 Å². The summed E-state index contributed by atoms with van der Waals surface area (Å²) in [5.74, 6) is -0.833. The summed E-state index contributed by atoms with van der Waals surface area (Å²) >= 11 is 0. The number of carbonyl (C=O) groups is 1. The summed E-state index contributed by atoms with van der Waals surface area (Å²) in [4.78, 5) is 9.00. The fourth-order valence-electron chi connectivity index (χ4n) is 0.553. The predicted molar refractivity (Wildman–Crippen MR) is 39.3 cm³/mol. The van der Waals surface area contributed by atoms with Gasteiger partial charge in [-0.1, -0.05) is 0 Å². The first kappa shape index (κ1) is 13.6. The zero-order valence-corrected chi connectivity index (χ0v) is 7.98. The maximum absolute atomic E-state index is 9.00. The normalized spacial score (nSPS) is 15.4. The molecule has 0 atom stereocenters. The zero-order valence-electron chi connectivity index (χ0n) is 6.58. The Labute approximate surface area is 78.6 Å². The van der Waals surface area contributed by atoms with E-state index in [0.717, 1.165) is 33.1 Å². The van der Waals surface area contributed by atoms with E-state index in [0.29, 0.717) is 0 Å². The molecule has 1 fully saturated rings. The van der Waals surface area contributed by atoms with Crippen molar-refractivity contribution in [3.63, 3.8) is 0 Å². The molecule has 1 rings (SSSR count). The smallest absolute Gasteiger partial charge is 0.300 e. The molecule has 4 nitrogen and oxygen atoms in total. The van der Waals surface area contributed by atoms with Gasteiger partial charge in [-0.15, -0.1) is 13.1 Å². The monoisotopic (exact) mass is 196 g/mol. The molecule has 0 spiro atoms. The second-order valence-corrected chi connectivity index (χ2v) is 1.94.